The molecule has 0 aliphatic rings. The van der Waals surface area contributed by atoms with E-state index in [1.54, 1.807) is 30.5 Å². The molecule has 0 bridgehead atoms. The third-order valence-corrected chi connectivity index (χ3v) is 5.14. The molecule has 0 saturated heterocycles. The van der Waals surface area contributed by atoms with Gasteiger partial charge in [0.15, 0.2) is 5.58 Å². The van der Waals surface area contributed by atoms with Crippen LogP contribution >= 0.6 is 11.6 Å². The van der Waals surface area contributed by atoms with Crippen LogP contribution in [0.4, 0.5) is 10.1 Å². The third kappa shape index (κ3) is 3.29. The van der Waals surface area contributed by atoms with E-state index in [9.17, 15) is 9.50 Å². The lowest BCUT2D eigenvalue weighted by Gasteiger charge is -2.04. The Morgan fingerprint density at radius 1 is 1.00 bits per heavy atom. The molecule has 0 amide bonds. The Morgan fingerprint density at radius 3 is 2.73 bits per heavy atom. The van der Waals surface area contributed by atoms with E-state index in [2.05, 4.69) is 9.98 Å². The van der Waals surface area contributed by atoms with E-state index in [1.165, 1.54) is 18.2 Å². The summed E-state index contributed by atoms with van der Waals surface area (Å²) in [5.74, 6) is 0.0456. The zero-order valence-electron chi connectivity index (χ0n) is 15.5. The zero-order valence-corrected chi connectivity index (χ0v) is 16.3. The Morgan fingerprint density at radius 2 is 1.87 bits per heavy atom. The highest BCUT2D eigenvalue weighted by Gasteiger charge is 2.13. The van der Waals surface area contributed by atoms with Crippen LogP contribution in [0.5, 0.6) is 5.75 Å². The molecule has 146 valence electrons. The molecule has 5 aromatic rings. The minimum absolute atomic E-state index is 0.160. The van der Waals surface area contributed by atoms with Gasteiger partial charge in [-0.1, -0.05) is 41.9 Å². The van der Waals surface area contributed by atoms with Crippen molar-refractivity contribution in [2.45, 2.75) is 0 Å². The Hall–Kier alpha value is -3.70. The molecular formula is C24H14ClFN2O2. The summed E-state index contributed by atoms with van der Waals surface area (Å²) in [6, 6.07) is 20.7. The van der Waals surface area contributed by atoms with Crippen LogP contribution in [0.2, 0.25) is 5.02 Å². The molecule has 0 saturated carbocycles. The van der Waals surface area contributed by atoms with Crippen LogP contribution in [-0.4, -0.2) is 16.3 Å². The van der Waals surface area contributed by atoms with Crippen molar-refractivity contribution in [2.75, 3.05) is 0 Å². The number of halogens is 2. The van der Waals surface area contributed by atoms with Gasteiger partial charge in [0.1, 0.15) is 17.1 Å². The summed E-state index contributed by atoms with van der Waals surface area (Å²) < 4.78 is 19.1. The molecule has 30 heavy (non-hydrogen) atoms. The number of phenols is 1. The molecule has 4 aromatic carbocycles. The van der Waals surface area contributed by atoms with E-state index in [-0.39, 0.29) is 10.8 Å². The van der Waals surface area contributed by atoms with Gasteiger partial charge >= 0.3 is 0 Å². The molecule has 0 aliphatic heterocycles. The number of aromatic nitrogens is 1. The zero-order chi connectivity index (χ0) is 20.7. The SMILES string of the molecule is Oc1ccc2ccccc2c1C=Nc1ccc2oc(-c3ccc(F)cc3Cl)nc2c1. The van der Waals surface area contributed by atoms with E-state index in [0.717, 1.165) is 10.8 Å². The van der Waals surface area contributed by atoms with E-state index in [1.807, 2.05) is 30.3 Å². The first kappa shape index (κ1) is 18.3. The smallest absolute Gasteiger partial charge is 0.228 e. The molecule has 1 aromatic heterocycles. The quantitative estimate of drug-likeness (QED) is 0.325. The number of aliphatic imine (C=N–C) groups is 1. The number of aromatic hydroxyl groups is 1. The van der Waals surface area contributed by atoms with Crippen molar-refractivity contribution in [2.24, 2.45) is 4.99 Å². The topological polar surface area (TPSA) is 58.6 Å². The first-order chi connectivity index (χ1) is 14.6. The molecular weight excluding hydrogens is 403 g/mol. The van der Waals surface area contributed by atoms with Crippen LogP contribution in [-0.2, 0) is 0 Å². The standard InChI is InChI=1S/C24H14ClFN2O2/c25-20-11-15(26)6-8-18(20)24-28-21-12-16(7-10-23(21)30-24)27-13-19-17-4-2-1-3-14(17)5-9-22(19)29/h1-13,29H. The lowest BCUT2D eigenvalue weighted by atomic mass is 10.0. The van der Waals surface area contributed by atoms with Gasteiger partial charge in [0.2, 0.25) is 5.89 Å². The summed E-state index contributed by atoms with van der Waals surface area (Å²) in [7, 11) is 0. The van der Waals surface area contributed by atoms with Gasteiger partial charge in [0.25, 0.3) is 0 Å². The number of benzene rings is 4. The number of fused-ring (bicyclic) bond motifs is 2. The fraction of sp³-hybridized carbons (Fsp3) is 0. The highest BCUT2D eigenvalue weighted by molar-refractivity contribution is 6.33. The second kappa shape index (κ2) is 7.28. The van der Waals surface area contributed by atoms with Crippen molar-refractivity contribution in [3.8, 4) is 17.2 Å². The predicted molar refractivity (Wildman–Crippen MR) is 117 cm³/mol. The van der Waals surface area contributed by atoms with Crippen LogP contribution in [0.25, 0.3) is 33.3 Å². The normalized spacial score (nSPS) is 11.7. The molecule has 5 rings (SSSR count). The molecule has 0 fully saturated rings. The number of phenolic OH excluding ortho intramolecular Hbond substituents is 1. The van der Waals surface area contributed by atoms with E-state index in [0.29, 0.717) is 33.8 Å². The fourth-order valence-electron chi connectivity index (χ4n) is 3.33. The Labute approximate surface area is 175 Å². The van der Waals surface area contributed by atoms with Crippen molar-refractivity contribution in [3.05, 3.63) is 89.2 Å². The van der Waals surface area contributed by atoms with Crippen LogP contribution in [0.1, 0.15) is 5.56 Å². The highest BCUT2D eigenvalue weighted by Crippen LogP contribution is 2.32. The lowest BCUT2D eigenvalue weighted by molar-refractivity contribution is 0.475. The van der Waals surface area contributed by atoms with Crippen LogP contribution < -0.4 is 0 Å². The van der Waals surface area contributed by atoms with Gasteiger partial charge < -0.3 is 9.52 Å². The van der Waals surface area contributed by atoms with Crippen molar-refractivity contribution in [3.63, 3.8) is 0 Å². The molecule has 0 radical (unpaired) electrons. The van der Waals surface area contributed by atoms with Gasteiger partial charge in [-0.15, -0.1) is 0 Å². The molecule has 4 nitrogen and oxygen atoms in total. The molecule has 0 unspecified atom stereocenters. The van der Waals surface area contributed by atoms with Crippen molar-refractivity contribution < 1.29 is 13.9 Å². The highest BCUT2D eigenvalue weighted by atomic mass is 35.5. The van der Waals surface area contributed by atoms with E-state index in [4.69, 9.17) is 16.0 Å². The van der Waals surface area contributed by atoms with Crippen LogP contribution in [0.15, 0.2) is 82.2 Å². The number of hydrogen-bond donors (Lipinski definition) is 1. The minimum atomic E-state index is -0.423. The average Bonchev–Trinajstić information content (AvgIpc) is 3.16. The van der Waals surface area contributed by atoms with Crippen LogP contribution in [0, 0.1) is 5.82 Å². The van der Waals surface area contributed by atoms with Crippen molar-refractivity contribution in [1.82, 2.24) is 4.98 Å². The third-order valence-electron chi connectivity index (χ3n) is 4.82. The van der Waals surface area contributed by atoms with Gasteiger partial charge in [-0.3, -0.25) is 4.99 Å². The summed E-state index contributed by atoms with van der Waals surface area (Å²) in [4.78, 5) is 8.97. The number of rotatable bonds is 3. The number of hydrogen-bond acceptors (Lipinski definition) is 4. The van der Waals surface area contributed by atoms with Gasteiger partial charge in [-0.05, 0) is 53.2 Å². The second-order valence-corrected chi connectivity index (χ2v) is 7.18. The van der Waals surface area contributed by atoms with Gasteiger partial charge in [0, 0.05) is 11.8 Å². The van der Waals surface area contributed by atoms with Crippen LogP contribution in [0.3, 0.4) is 0 Å². The first-order valence-electron chi connectivity index (χ1n) is 9.19. The Kier molecular flexibility index (Phi) is 4.45. The van der Waals surface area contributed by atoms with Crippen molar-refractivity contribution >= 4 is 45.4 Å². The number of oxazole rings is 1. The first-order valence-corrected chi connectivity index (χ1v) is 9.57. The summed E-state index contributed by atoms with van der Waals surface area (Å²) in [5, 5.41) is 12.4. The van der Waals surface area contributed by atoms with E-state index >= 15 is 0 Å². The molecule has 0 spiro atoms. The summed E-state index contributed by atoms with van der Waals surface area (Å²) in [6.45, 7) is 0. The monoisotopic (exact) mass is 416 g/mol. The summed E-state index contributed by atoms with van der Waals surface area (Å²) >= 11 is 6.12. The molecule has 0 aliphatic carbocycles. The second-order valence-electron chi connectivity index (χ2n) is 6.77. The van der Waals surface area contributed by atoms with Crippen molar-refractivity contribution in [1.29, 1.82) is 0 Å². The molecule has 1 heterocycles. The van der Waals surface area contributed by atoms with Gasteiger partial charge in [-0.2, -0.15) is 0 Å². The van der Waals surface area contributed by atoms with Gasteiger partial charge in [0.05, 0.1) is 16.3 Å². The molecule has 1 N–H and O–H groups in total. The maximum atomic E-state index is 13.3. The van der Waals surface area contributed by atoms with E-state index < -0.39 is 5.82 Å². The predicted octanol–water partition coefficient (Wildman–Crippen LogP) is 6.90. The fourth-order valence-corrected chi connectivity index (χ4v) is 3.58. The number of nitrogens with zero attached hydrogens (tertiary/aromatic N) is 2. The maximum Gasteiger partial charge on any atom is 0.228 e. The molecule has 6 heteroatoms. The van der Waals surface area contributed by atoms with Gasteiger partial charge in [-0.25, -0.2) is 9.37 Å². The molecule has 0 atom stereocenters. The Bertz CT molecular complexity index is 1440. The summed E-state index contributed by atoms with van der Waals surface area (Å²) in [5.41, 5.74) is 2.98. The largest absolute Gasteiger partial charge is 0.507 e. The maximum absolute atomic E-state index is 13.3. The minimum Gasteiger partial charge on any atom is -0.507 e. The Balaban J connectivity index is 1.53. The average molecular weight is 417 g/mol. The summed E-state index contributed by atoms with van der Waals surface area (Å²) in [6.07, 6.45) is 1.64. The lowest BCUT2D eigenvalue weighted by Crippen LogP contribution is -1.85.